The maximum absolute atomic E-state index is 12.3. The van der Waals surface area contributed by atoms with Crippen LogP contribution in [0.15, 0.2) is 17.1 Å². The van der Waals surface area contributed by atoms with Gasteiger partial charge in [-0.25, -0.2) is 9.78 Å². The lowest BCUT2D eigenvalue weighted by molar-refractivity contribution is 0.207. The fourth-order valence-electron chi connectivity index (χ4n) is 3.66. The number of aromatic nitrogens is 3. The van der Waals surface area contributed by atoms with Gasteiger partial charge in [0.2, 0.25) is 0 Å². The van der Waals surface area contributed by atoms with Crippen molar-refractivity contribution in [1.29, 1.82) is 0 Å². The molecule has 0 aromatic carbocycles. The number of pyridine rings is 1. The number of aromatic amines is 1. The minimum absolute atomic E-state index is 0. The molecular formula is C16H26Cl3N5O2. The van der Waals surface area contributed by atoms with E-state index in [1.807, 2.05) is 10.6 Å². The van der Waals surface area contributed by atoms with Crippen molar-refractivity contribution in [3.8, 4) is 5.75 Å². The first-order valence-corrected chi connectivity index (χ1v) is 8.37. The molecule has 0 amide bonds. The van der Waals surface area contributed by atoms with Crippen molar-refractivity contribution in [3.05, 3.63) is 22.7 Å². The Bertz CT molecular complexity index is 760. The summed E-state index contributed by atoms with van der Waals surface area (Å²) in [6, 6.07) is 2.19. The van der Waals surface area contributed by atoms with Crippen molar-refractivity contribution in [2.75, 3.05) is 33.2 Å². The third-order valence-corrected chi connectivity index (χ3v) is 4.87. The van der Waals surface area contributed by atoms with E-state index in [1.54, 1.807) is 6.20 Å². The number of ether oxygens (including phenoxy) is 1. The normalized spacial score (nSPS) is 20.9. The smallest absolute Gasteiger partial charge is 0.327 e. The lowest BCUT2D eigenvalue weighted by atomic mass is 10.1. The molecule has 4 heterocycles. The molecule has 2 aromatic heterocycles. The summed E-state index contributed by atoms with van der Waals surface area (Å²) >= 11 is 0. The van der Waals surface area contributed by atoms with Crippen LogP contribution < -0.4 is 15.7 Å². The Morgan fingerprint density at radius 2 is 1.92 bits per heavy atom. The average molecular weight is 427 g/mol. The van der Waals surface area contributed by atoms with Gasteiger partial charge in [-0.05, 0) is 39.4 Å². The molecule has 2 saturated heterocycles. The summed E-state index contributed by atoms with van der Waals surface area (Å²) < 4.78 is 7.92. The van der Waals surface area contributed by atoms with Crippen molar-refractivity contribution in [1.82, 2.24) is 24.8 Å². The molecule has 7 nitrogen and oxygen atoms in total. The molecule has 2 aromatic rings. The number of hydrogen-bond acceptors (Lipinski definition) is 5. The summed E-state index contributed by atoms with van der Waals surface area (Å²) in [6.07, 6.45) is 4.88. The molecule has 2 fully saturated rings. The molecule has 10 heteroatoms. The van der Waals surface area contributed by atoms with Crippen LogP contribution in [0.5, 0.6) is 5.75 Å². The lowest BCUT2D eigenvalue weighted by Crippen LogP contribution is -2.33. The standard InChI is InChI=1S/C16H23N5O2.3ClH/c1-20-7-4-12(10-20)23-13-8-14-15(18-9-13)19-16(22)21(14)11-2-5-17-6-3-11;;;/h8-9,11-12,17H,2-7,10H2,1H3,(H,18,19,22);3*1H. The van der Waals surface area contributed by atoms with Crippen LogP contribution in [0.2, 0.25) is 0 Å². The van der Waals surface area contributed by atoms with E-state index in [-0.39, 0.29) is 55.1 Å². The Morgan fingerprint density at radius 1 is 1.19 bits per heavy atom. The van der Waals surface area contributed by atoms with E-state index in [0.29, 0.717) is 5.65 Å². The van der Waals surface area contributed by atoms with Crippen LogP contribution in [-0.4, -0.2) is 58.8 Å². The molecule has 4 rings (SSSR count). The van der Waals surface area contributed by atoms with Gasteiger partial charge in [0.25, 0.3) is 0 Å². The molecule has 1 atom stereocenters. The third-order valence-electron chi connectivity index (χ3n) is 4.87. The van der Waals surface area contributed by atoms with E-state index in [9.17, 15) is 4.79 Å². The third kappa shape index (κ3) is 4.64. The minimum atomic E-state index is -0.0721. The van der Waals surface area contributed by atoms with Gasteiger partial charge in [0, 0.05) is 25.2 Å². The fourth-order valence-corrected chi connectivity index (χ4v) is 3.66. The quantitative estimate of drug-likeness (QED) is 0.785. The average Bonchev–Trinajstić information content (AvgIpc) is 3.10. The highest BCUT2D eigenvalue weighted by Crippen LogP contribution is 2.25. The maximum Gasteiger partial charge on any atom is 0.327 e. The maximum atomic E-state index is 12.3. The van der Waals surface area contributed by atoms with Gasteiger partial charge in [-0.3, -0.25) is 9.55 Å². The number of likely N-dealkylation sites (N-methyl/N-ethyl adjacent to an activating group) is 1. The van der Waals surface area contributed by atoms with Crippen LogP contribution in [0.1, 0.15) is 25.3 Å². The molecule has 0 spiro atoms. The highest BCUT2D eigenvalue weighted by molar-refractivity contribution is 5.86. The van der Waals surface area contributed by atoms with E-state index in [1.165, 1.54) is 0 Å². The first kappa shape index (κ1) is 23.0. The van der Waals surface area contributed by atoms with Gasteiger partial charge in [0.1, 0.15) is 11.9 Å². The monoisotopic (exact) mass is 425 g/mol. The van der Waals surface area contributed by atoms with Crippen LogP contribution in [-0.2, 0) is 0 Å². The molecule has 148 valence electrons. The van der Waals surface area contributed by atoms with Gasteiger partial charge in [0.05, 0.1) is 11.7 Å². The zero-order valence-electron chi connectivity index (χ0n) is 14.6. The number of fused-ring (bicyclic) bond motifs is 1. The summed E-state index contributed by atoms with van der Waals surface area (Å²) in [4.78, 5) is 21.9. The molecule has 26 heavy (non-hydrogen) atoms. The molecule has 2 aliphatic rings. The highest BCUT2D eigenvalue weighted by atomic mass is 35.5. The number of H-pyrrole nitrogens is 1. The van der Waals surface area contributed by atoms with E-state index < -0.39 is 0 Å². The predicted octanol–water partition coefficient (Wildman–Crippen LogP) is 2.00. The van der Waals surface area contributed by atoms with Crippen LogP contribution in [0.4, 0.5) is 0 Å². The van der Waals surface area contributed by atoms with E-state index in [2.05, 4.69) is 27.2 Å². The molecule has 0 bridgehead atoms. The first-order valence-electron chi connectivity index (χ1n) is 8.37. The minimum Gasteiger partial charge on any atom is -0.487 e. The Balaban J connectivity index is 0.00000113. The molecular weight excluding hydrogens is 401 g/mol. The summed E-state index contributed by atoms with van der Waals surface area (Å²) in [5.74, 6) is 0.750. The second kappa shape index (κ2) is 9.80. The van der Waals surface area contributed by atoms with Gasteiger partial charge >= 0.3 is 5.69 Å². The number of hydrogen-bond donors (Lipinski definition) is 2. The van der Waals surface area contributed by atoms with Crippen molar-refractivity contribution in [2.24, 2.45) is 0 Å². The summed E-state index contributed by atoms with van der Waals surface area (Å²) in [6.45, 7) is 3.89. The Hall–Kier alpha value is -0.990. The molecule has 0 aliphatic carbocycles. The molecule has 1 unspecified atom stereocenters. The Labute approximate surface area is 171 Å². The zero-order chi connectivity index (χ0) is 15.8. The molecule has 0 radical (unpaired) electrons. The predicted molar refractivity (Wildman–Crippen MR) is 110 cm³/mol. The number of piperidine rings is 1. The van der Waals surface area contributed by atoms with Gasteiger partial charge < -0.3 is 15.0 Å². The molecule has 2 N–H and O–H groups in total. The van der Waals surface area contributed by atoms with Gasteiger partial charge in [-0.15, -0.1) is 37.2 Å². The Morgan fingerprint density at radius 3 is 2.58 bits per heavy atom. The number of imidazole rings is 1. The number of rotatable bonds is 3. The first-order chi connectivity index (χ1) is 11.2. The van der Waals surface area contributed by atoms with Crippen LogP contribution in [0.25, 0.3) is 11.2 Å². The van der Waals surface area contributed by atoms with E-state index >= 15 is 0 Å². The number of nitrogens with one attached hydrogen (secondary N) is 2. The summed E-state index contributed by atoms with van der Waals surface area (Å²) in [7, 11) is 2.10. The lowest BCUT2D eigenvalue weighted by Gasteiger charge is -2.23. The van der Waals surface area contributed by atoms with Crippen LogP contribution in [0.3, 0.4) is 0 Å². The Kier molecular flexibility index (Phi) is 8.69. The van der Waals surface area contributed by atoms with Crippen LogP contribution >= 0.6 is 37.2 Å². The second-order valence-electron chi connectivity index (χ2n) is 6.61. The zero-order valence-corrected chi connectivity index (χ0v) is 17.1. The fraction of sp³-hybridized carbons (Fsp3) is 0.625. The van der Waals surface area contributed by atoms with Crippen molar-refractivity contribution in [2.45, 2.75) is 31.4 Å². The highest BCUT2D eigenvalue weighted by Gasteiger charge is 2.23. The van der Waals surface area contributed by atoms with Crippen molar-refractivity contribution >= 4 is 48.4 Å². The molecule has 0 saturated carbocycles. The van der Waals surface area contributed by atoms with Crippen LogP contribution in [0, 0.1) is 0 Å². The van der Waals surface area contributed by atoms with Gasteiger partial charge in [0.15, 0.2) is 5.65 Å². The topological polar surface area (TPSA) is 75.2 Å². The van der Waals surface area contributed by atoms with Gasteiger partial charge in [-0.1, -0.05) is 0 Å². The van der Waals surface area contributed by atoms with E-state index in [4.69, 9.17) is 4.74 Å². The molecule has 2 aliphatic heterocycles. The van der Waals surface area contributed by atoms with Gasteiger partial charge in [-0.2, -0.15) is 0 Å². The SMILES string of the molecule is CN1CCC(Oc2cnc3[nH]c(=O)n(C4CCNCC4)c3c2)C1.Cl.Cl.Cl. The number of halogens is 3. The van der Waals surface area contributed by atoms with Crippen molar-refractivity contribution < 1.29 is 4.74 Å². The van der Waals surface area contributed by atoms with Crippen molar-refractivity contribution in [3.63, 3.8) is 0 Å². The van der Waals surface area contributed by atoms with E-state index in [0.717, 1.165) is 56.7 Å². The number of nitrogens with zero attached hydrogens (tertiary/aromatic N) is 3. The largest absolute Gasteiger partial charge is 0.487 e. The summed E-state index contributed by atoms with van der Waals surface area (Å²) in [5.41, 5.74) is 1.42. The second-order valence-corrected chi connectivity index (χ2v) is 6.61. The number of likely N-dealkylation sites (tertiary alicyclic amines) is 1. The summed E-state index contributed by atoms with van der Waals surface area (Å²) in [5, 5.41) is 3.34.